The molecule has 0 radical (unpaired) electrons. The zero-order valence-electron chi connectivity index (χ0n) is 6.37. The van der Waals surface area contributed by atoms with Crippen molar-refractivity contribution in [1.29, 1.82) is 0 Å². The zero-order chi connectivity index (χ0) is 7.68. The molecule has 2 nitrogen and oxygen atoms in total. The highest BCUT2D eigenvalue weighted by molar-refractivity contribution is 5.59. The van der Waals surface area contributed by atoms with Gasteiger partial charge in [-0.3, -0.25) is 0 Å². The van der Waals surface area contributed by atoms with E-state index in [-0.39, 0.29) is 0 Å². The second-order valence-corrected chi connectivity index (χ2v) is 2.53. The number of allylic oxidation sites excluding steroid dienone is 1. The van der Waals surface area contributed by atoms with E-state index in [9.17, 15) is 0 Å². The highest BCUT2D eigenvalue weighted by Gasteiger charge is 2.05. The lowest BCUT2D eigenvalue weighted by Gasteiger charge is -2.00. The molecular formula is C9H9NO. The Labute approximate surface area is 65.5 Å². The van der Waals surface area contributed by atoms with Gasteiger partial charge in [-0.05, 0) is 17.5 Å². The van der Waals surface area contributed by atoms with E-state index in [0.29, 0.717) is 5.88 Å². The summed E-state index contributed by atoms with van der Waals surface area (Å²) in [5, 5.41) is 0. The van der Waals surface area contributed by atoms with Crippen LogP contribution in [0.3, 0.4) is 0 Å². The molecule has 0 aromatic carbocycles. The molecule has 56 valence electrons. The summed E-state index contributed by atoms with van der Waals surface area (Å²) in [6, 6.07) is 1.98. The second-order valence-electron chi connectivity index (χ2n) is 2.53. The molecule has 1 aliphatic rings. The topological polar surface area (TPSA) is 22.1 Å². The monoisotopic (exact) mass is 147 g/mol. The summed E-state index contributed by atoms with van der Waals surface area (Å²) in [6.45, 7) is 0. The number of ether oxygens (including phenoxy) is 1. The Hall–Kier alpha value is -1.31. The van der Waals surface area contributed by atoms with Gasteiger partial charge < -0.3 is 4.74 Å². The smallest absolute Gasteiger partial charge is 0.213 e. The van der Waals surface area contributed by atoms with Crippen LogP contribution < -0.4 is 4.74 Å². The number of methoxy groups -OCH3 is 1. The molecule has 11 heavy (non-hydrogen) atoms. The predicted molar refractivity (Wildman–Crippen MR) is 43.5 cm³/mol. The summed E-state index contributed by atoms with van der Waals surface area (Å²) >= 11 is 0. The molecule has 1 aliphatic carbocycles. The minimum Gasteiger partial charge on any atom is -0.481 e. The molecule has 0 amide bonds. The Kier molecular flexibility index (Phi) is 1.39. The lowest BCUT2D eigenvalue weighted by atomic mass is 10.2. The summed E-state index contributed by atoms with van der Waals surface area (Å²) in [6.07, 6.45) is 7.07. The maximum Gasteiger partial charge on any atom is 0.213 e. The fourth-order valence-electron chi connectivity index (χ4n) is 1.24. The number of hydrogen-bond acceptors (Lipinski definition) is 2. The maximum atomic E-state index is 5.00. The van der Waals surface area contributed by atoms with Crippen molar-refractivity contribution in [3.8, 4) is 5.88 Å². The van der Waals surface area contributed by atoms with Crippen LogP contribution >= 0.6 is 0 Å². The molecule has 1 heterocycles. The van der Waals surface area contributed by atoms with E-state index in [1.165, 1.54) is 11.1 Å². The molecule has 0 aliphatic heterocycles. The van der Waals surface area contributed by atoms with Crippen molar-refractivity contribution in [3.05, 3.63) is 29.5 Å². The first-order valence-corrected chi connectivity index (χ1v) is 3.59. The van der Waals surface area contributed by atoms with Gasteiger partial charge in [-0.25, -0.2) is 4.98 Å². The van der Waals surface area contributed by atoms with Gasteiger partial charge in [0.15, 0.2) is 0 Å². The van der Waals surface area contributed by atoms with Gasteiger partial charge in [0.05, 0.1) is 7.11 Å². The van der Waals surface area contributed by atoms with Crippen LogP contribution in [-0.2, 0) is 6.42 Å². The average Bonchev–Trinajstić information content (AvgIpc) is 2.50. The number of hydrogen-bond donors (Lipinski definition) is 0. The molecule has 1 aromatic heterocycles. The Bertz CT molecular complexity index is 304. The van der Waals surface area contributed by atoms with Crippen LogP contribution in [-0.4, -0.2) is 12.1 Å². The van der Waals surface area contributed by atoms with Crippen molar-refractivity contribution < 1.29 is 4.74 Å². The molecule has 0 unspecified atom stereocenters. The third-order valence-electron chi connectivity index (χ3n) is 1.84. The molecule has 0 fully saturated rings. The standard InChI is InChI=1S/C9H9NO/c1-11-9-5-7-3-2-4-8(7)6-10-9/h2,4-6H,3H2,1H3. The van der Waals surface area contributed by atoms with Crippen molar-refractivity contribution in [1.82, 2.24) is 4.98 Å². The van der Waals surface area contributed by atoms with Crippen LogP contribution in [0, 0.1) is 0 Å². The molecule has 0 N–H and O–H groups in total. The number of fused-ring (bicyclic) bond motifs is 1. The third kappa shape index (κ3) is 1.00. The molecule has 0 atom stereocenters. The Morgan fingerprint density at radius 3 is 3.27 bits per heavy atom. The number of pyridine rings is 1. The minimum absolute atomic E-state index is 0.701. The Morgan fingerprint density at radius 1 is 1.55 bits per heavy atom. The van der Waals surface area contributed by atoms with Crippen LogP contribution in [0.2, 0.25) is 0 Å². The molecule has 0 bridgehead atoms. The highest BCUT2D eigenvalue weighted by Crippen LogP contribution is 2.21. The molecule has 0 saturated heterocycles. The van der Waals surface area contributed by atoms with Gasteiger partial charge in [-0.15, -0.1) is 0 Å². The van der Waals surface area contributed by atoms with Crippen LogP contribution in [0.15, 0.2) is 18.3 Å². The van der Waals surface area contributed by atoms with E-state index in [1.54, 1.807) is 7.11 Å². The summed E-state index contributed by atoms with van der Waals surface area (Å²) in [4.78, 5) is 4.10. The number of aromatic nitrogens is 1. The zero-order valence-corrected chi connectivity index (χ0v) is 6.37. The van der Waals surface area contributed by atoms with Crippen molar-refractivity contribution in [2.24, 2.45) is 0 Å². The van der Waals surface area contributed by atoms with E-state index in [0.717, 1.165) is 6.42 Å². The number of nitrogens with zero attached hydrogens (tertiary/aromatic N) is 1. The summed E-state index contributed by atoms with van der Waals surface area (Å²) in [5.41, 5.74) is 2.52. The van der Waals surface area contributed by atoms with Gasteiger partial charge in [0, 0.05) is 12.3 Å². The largest absolute Gasteiger partial charge is 0.481 e. The van der Waals surface area contributed by atoms with Gasteiger partial charge >= 0.3 is 0 Å². The van der Waals surface area contributed by atoms with Gasteiger partial charge in [-0.1, -0.05) is 12.2 Å². The molecule has 2 heteroatoms. The lowest BCUT2D eigenvalue weighted by molar-refractivity contribution is 0.397. The minimum atomic E-state index is 0.701. The van der Waals surface area contributed by atoms with E-state index >= 15 is 0 Å². The van der Waals surface area contributed by atoms with Crippen molar-refractivity contribution in [2.45, 2.75) is 6.42 Å². The van der Waals surface area contributed by atoms with E-state index < -0.39 is 0 Å². The summed E-state index contributed by atoms with van der Waals surface area (Å²) in [5.74, 6) is 0.701. The maximum absolute atomic E-state index is 5.00. The molecule has 2 rings (SSSR count). The van der Waals surface area contributed by atoms with Crippen molar-refractivity contribution >= 4 is 6.08 Å². The number of rotatable bonds is 1. The normalized spacial score (nSPS) is 13.2. The van der Waals surface area contributed by atoms with Gasteiger partial charge in [-0.2, -0.15) is 0 Å². The Balaban J connectivity index is 2.45. The molecule has 0 spiro atoms. The first kappa shape index (κ1) is 6.40. The fourth-order valence-corrected chi connectivity index (χ4v) is 1.24. The first-order chi connectivity index (χ1) is 5.40. The van der Waals surface area contributed by atoms with Crippen LogP contribution in [0.1, 0.15) is 11.1 Å². The average molecular weight is 147 g/mol. The van der Waals surface area contributed by atoms with Crippen molar-refractivity contribution in [2.75, 3.05) is 7.11 Å². The van der Waals surface area contributed by atoms with Gasteiger partial charge in [0.2, 0.25) is 5.88 Å². The van der Waals surface area contributed by atoms with Gasteiger partial charge in [0.25, 0.3) is 0 Å². The Morgan fingerprint density at radius 2 is 2.45 bits per heavy atom. The highest BCUT2D eigenvalue weighted by atomic mass is 16.5. The molecule has 0 saturated carbocycles. The summed E-state index contributed by atoms with van der Waals surface area (Å²) < 4.78 is 5.00. The molecular weight excluding hydrogens is 138 g/mol. The van der Waals surface area contributed by atoms with Crippen molar-refractivity contribution in [3.63, 3.8) is 0 Å². The van der Waals surface area contributed by atoms with Crippen LogP contribution in [0.5, 0.6) is 5.88 Å². The fraction of sp³-hybridized carbons (Fsp3) is 0.222. The SMILES string of the molecule is COc1cc2c(cn1)C=CC2. The lowest BCUT2D eigenvalue weighted by Crippen LogP contribution is -1.90. The van der Waals surface area contributed by atoms with Gasteiger partial charge in [0.1, 0.15) is 0 Å². The van der Waals surface area contributed by atoms with Crippen LogP contribution in [0.25, 0.3) is 6.08 Å². The quantitative estimate of drug-likeness (QED) is 0.602. The second kappa shape index (κ2) is 2.38. The van der Waals surface area contributed by atoms with E-state index in [4.69, 9.17) is 4.74 Å². The van der Waals surface area contributed by atoms with E-state index in [2.05, 4.69) is 17.1 Å². The van der Waals surface area contributed by atoms with Crippen LogP contribution in [0.4, 0.5) is 0 Å². The first-order valence-electron chi connectivity index (χ1n) is 3.59. The predicted octanol–water partition coefficient (Wildman–Crippen LogP) is 1.66. The third-order valence-corrected chi connectivity index (χ3v) is 1.84. The molecule has 1 aromatic rings. The summed E-state index contributed by atoms with van der Waals surface area (Å²) in [7, 11) is 1.64. The van der Waals surface area contributed by atoms with E-state index in [1.807, 2.05) is 12.3 Å².